The zero-order chi connectivity index (χ0) is 13.5. The fraction of sp³-hybridized carbons (Fsp3) is 0.538. The summed E-state index contributed by atoms with van der Waals surface area (Å²) in [6, 6.07) is 3.67. The number of rotatable bonds is 6. The van der Waals surface area contributed by atoms with E-state index in [2.05, 4.69) is 24.1 Å². The molecule has 18 heavy (non-hydrogen) atoms. The lowest BCUT2D eigenvalue weighted by molar-refractivity contribution is -0.122. The van der Waals surface area contributed by atoms with Crippen LogP contribution in [-0.2, 0) is 11.3 Å². The molecule has 1 aromatic rings. The van der Waals surface area contributed by atoms with E-state index in [1.54, 1.807) is 12.3 Å². The molecule has 0 bridgehead atoms. The number of pyridine rings is 1. The monoisotopic (exact) mass is 269 g/mol. The van der Waals surface area contributed by atoms with E-state index >= 15 is 0 Å². The zero-order valence-corrected chi connectivity index (χ0v) is 11.9. The Morgan fingerprint density at radius 2 is 2.22 bits per heavy atom. The lowest BCUT2D eigenvalue weighted by atomic mass is 10.2. The molecule has 0 aliphatic rings. The molecule has 0 spiro atoms. The van der Waals surface area contributed by atoms with Gasteiger partial charge >= 0.3 is 0 Å². The molecule has 0 unspecified atom stereocenters. The van der Waals surface area contributed by atoms with Gasteiger partial charge in [0.1, 0.15) is 5.15 Å². The SMILES string of the molecule is CC(C)CNC(=O)CN(C)Cc1ccc(Cl)nc1. The molecule has 1 N–H and O–H groups in total. The Morgan fingerprint density at radius 1 is 1.50 bits per heavy atom. The summed E-state index contributed by atoms with van der Waals surface area (Å²) < 4.78 is 0. The van der Waals surface area contributed by atoms with Crippen molar-refractivity contribution in [2.24, 2.45) is 5.92 Å². The molecule has 0 saturated carbocycles. The Labute approximate surface area is 113 Å². The fourth-order valence-corrected chi connectivity index (χ4v) is 1.60. The summed E-state index contributed by atoms with van der Waals surface area (Å²) in [4.78, 5) is 17.6. The third-order valence-electron chi connectivity index (χ3n) is 2.36. The standard InChI is InChI=1S/C13H20ClN3O/c1-10(2)6-16-13(18)9-17(3)8-11-4-5-12(14)15-7-11/h4-5,7,10H,6,8-9H2,1-3H3,(H,16,18). The van der Waals surface area contributed by atoms with Crippen LogP contribution in [0.1, 0.15) is 19.4 Å². The van der Waals surface area contributed by atoms with Crippen molar-refractivity contribution >= 4 is 17.5 Å². The van der Waals surface area contributed by atoms with Crippen molar-refractivity contribution in [2.45, 2.75) is 20.4 Å². The third kappa shape index (κ3) is 5.98. The number of carbonyl (C=O) groups excluding carboxylic acids is 1. The van der Waals surface area contributed by atoms with Crippen LogP contribution >= 0.6 is 11.6 Å². The van der Waals surface area contributed by atoms with E-state index in [1.165, 1.54) is 0 Å². The molecule has 5 heteroatoms. The van der Waals surface area contributed by atoms with Crippen molar-refractivity contribution < 1.29 is 4.79 Å². The summed E-state index contributed by atoms with van der Waals surface area (Å²) in [6.07, 6.45) is 1.73. The molecule has 0 radical (unpaired) electrons. The summed E-state index contributed by atoms with van der Waals surface area (Å²) in [6.45, 7) is 5.93. The maximum Gasteiger partial charge on any atom is 0.234 e. The van der Waals surface area contributed by atoms with E-state index < -0.39 is 0 Å². The second kappa shape index (κ2) is 7.34. The number of hydrogen-bond acceptors (Lipinski definition) is 3. The topological polar surface area (TPSA) is 45.2 Å². The summed E-state index contributed by atoms with van der Waals surface area (Å²) in [5.74, 6) is 0.521. The van der Waals surface area contributed by atoms with Crippen LogP contribution in [0, 0.1) is 5.92 Å². The number of carbonyl (C=O) groups is 1. The number of nitrogens with one attached hydrogen (secondary N) is 1. The number of amides is 1. The van der Waals surface area contributed by atoms with E-state index in [4.69, 9.17) is 11.6 Å². The highest BCUT2D eigenvalue weighted by Gasteiger charge is 2.07. The molecule has 0 fully saturated rings. The first kappa shape index (κ1) is 14.9. The summed E-state index contributed by atoms with van der Waals surface area (Å²) in [5.41, 5.74) is 1.04. The van der Waals surface area contributed by atoms with E-state index in [0.29, 0.717) is 24.2 Å². The van der Waals surface area contributed by atoms with Crippen LogP contribution in [0.5, 0.6) is 0 Å². The van der Waals surface area contributed by atoms with Gasteiger partial charge in [-0.1, -0.05) is 31.5 Å². The van der Waals surface area contributed by atoms with Crippen LogP contribution < -0.4 is 5.32 Å². The first-order chi connectivity index (χ1) is 8.47. The minimum Gasteiger partial charge on any atom is -0.355 e. The molecule has 1 aromatic heterocycles. The second-order valence-corrected chi connectivity index (χ2v) is 5.25. The van der Waals surface area contributed by atoms with Crippen molar-refractivity contribution in [2.75, 3.05) is 20.1 Å². The van der Waals surface area contributed by atoms with Gasteiger partial charge in [0.25, 0.3) is 0 Å². The van der Waals surface area contributed by atoms with Crippen LogP contribution in [-0.4, -0.2) is 35.9 Å². The normalized spacial score (nSPS) is 11.0. The van der Waals surface area contributed by atoms with Gasteiger partial charge < -0.3 is 5.32 Å². The maximum atomic E-state index is 11.6. The lowest BCUT2D eigenvalue weighted by Crippen LogP contribution is -2.36. The summed E-state index contributed by atoms with van der Waals surface area (Å²) >= 11 is 5.71. The van der Waals surface area contributed by atoms with E-state index in [-0.39, 0.29) is 5.91 Å². The zero-order valence-electron chi connectivity index (χ0n) is 11.1. The number of nitrogens with zero attached hydrogens (tertiary/aromatic N) is 2. The minimum absolute atomic E-state index is 0.0492. The predicted octanol–water partition coefficient (Wildman–Crippen LogP) is 1.94. The van der Waals surface area contributed by atoms with Crippen LogP contribution in [0.15, 0.2) is 18.3 Å². The van der Waals surface area contributed by atoms with Crippen molar-refractivity contribution in [3.63, 3.8) is 0 Å². The van der Waals surface area contributed by atoms with Crippen molar-refractivity contribution in [3.05, 3.63) is 29.0 Å². The van der Waals surface area contributed by atoms with Gasteiger partial charge in [0.15, 0.2) is 0 Å². The lowest BCUT2D eigenvalue weighted by Gasteiger charge is -2.16. The molecule has 1 rings (SSSR count). The molecule has 4 nitrogen and oxygen atoms in total. The van der Waals surface area contributed by atoms with Gasteiger partial charge in [-0.3, -0.25) is 9.69 Å². The molecule has 0 saturated heterocycles. The highest BCUT2D eigenvalue weighted by atomic mass is 35.5. The maximum absolute atomic E-state index is 11.6. The molecule has 100 valence electrons. The first-order valence-electron chi connectivity index (χ1n) is 6.03. The molecule has 0 atom stereocenters. The molecular formula is C13H20ClN3O. The van der Waals surface area contributed by atoms with Crippen LogP contribution in [0.3, 0.4) is 0 Å². The Hall–Kier alpha value is -1.13. The van der Waals surface area contributed by atoms with Crippen molar-refractivity contribution in [3.8, 4) is 0 Å². The predicted molar refractivity (Wildman–Crippen MR) is 73.4 cm³/mol. The van der Waals surface area contributed by atoms with Gasteiger partial charge in [-0.25, -0.2) is 4.98 Å². The highest BCUT2D eigenvalue weighted by Crippen LogP contribution is 2.06. The Balaban J connectivity index is 2.34. The first-order valence-corrected chi connectivity index (χ1v) is 6.41. The number of likely N-dealkylation sites (N-methyl/N-ethyl adjacent to an activating group) is 1. The molecule has 1 heterocycles. The second-order valence-electron chi connectivity index (χ2n) is 4.86. The Morgan fingerprint density at radius 3 is 2.78 bits per heavy atom. The molecule has 0 aromatic carbocycles. The quantitative estimate of drug-likeness (QED) is 0.803. The fourth-order valence-electron chi connectivity index (χ4n) is 1.49. The third-order valence-corrected chi connectivity index (χ3v) is 2.59. The van der Waals surface area contributed by atoms with E-state index in [1.807, 2.05) is 18.0 Å². The van der Waals surface area contributed by atoms with Crippen molar-refractivity contribution in [1.29, 1.82) is 0 Å². The van der Waals surface area contributed by atoms with Crippen LogP contribution in [0.4, 0.5) is 0 Å². The highest BCUT2D eigenvalue weighted by molar-refractivity contribution is 6.29. The Kier molecular flexibility index (Phi) is 6.09. The average molecular weight is 270 g/mol. The molecular weight excluding hydrogens is 250 g/mol. The van der Waals surface area contributed by atoms with Gasteiger partial charge in [0, 0.05) is 19.3 Å². The summed E-state index contributed by atoms with van der Waals surface area (Å²) in [7, 11) is 1.91. The average Bonchev–Trinajstić information content (AvgIpc) is 2.29. The van der Waals surface area contributed by atoms with Gasteiger partial charge in [-0.2, -0.15) is 0 Å². The van der Waals surface area contributed by atoms with Gasteiger partial charge in [-0.05, 0) is 24.6 Å². The molecule has 0 aliphatic carbocycles. The van der Waals surface area contributed by atoms with Gasteiger partial charge in [0.2, 0.25) is 5.91 Å². The molecule has 0 aliphatic heterocycles. The smallest absolute Gasteiger partial charge is 0.234 e. The van der Waals surface area contributed by atoms with E-state index in [0.717, 1.165) is 12.1 Å². The number of aromatic nitrogens is 1. The number of halogens is 1. The van der Waals surface area contributed by atoms with Gasteiger partial charge in [-0.15, -0.1) is 0 Å². The Bertz CT molecular complexity index is 378. The largest absolute Gasteiger partial charge is 0.355 e. The van der Waals surface area contributed by atoms with Gasteiger partial charge in [0.05, 0.1) is 6.54 Å². The van der Waals surface area contributed by atoms with E-state index in [9.17, 15) is 4.79 Å². The van der Waals surface area contributed by atoms with Crippen molar-refractivity contribution in [1.82, 2.24) is 15.2 Å². The summed E-state index contributed by atoms with van der Waals surface area (Å²) in [5, 5.41) is 3.37. The molecule has 1 amide bonds. The van der Waals surface area contributed by atoms with Crippen LogP contribution in [0.25, 0.3) is 0 Å². The van der Waals surface area contributed by atoms with Crippen LogP contribution in [0.2, 0.25) is 5.15 Å². The number of hydrogen-bond donors (Lipinski definition) is 1. The minimum atomic E-state index is 0.0492.